The highest BCUT2D eigenvalue weighted by atomic mass is 32.2. The first kappa shape index (κ1) is 23.1. The number of carbonyl (C=O) groups excluding carboxylic acids is 1. The van der Waals surface area contributed by atoms with Crippen LogP contribution in [0.5, 0.6) is 0 Å². The first-order valence-corrected chi connectivity index (χ1v) is 12.7. The van der Waals surface area contributed by atoms with E-state index in [2.05, 4.69) is 28.2 Å². The van der Waals surface area contributed by atoms with Gasteiger partial charge in [0.25, 0.3) is 15.9 Å². The molecule has 1 atom stereocenters. The van der Waals surface area contributed by atoms with Gasteiger partial charge in [-0.05, 0) is 105 Å². The number of hydrogen-bond acceptors (Lipinski definition) is 3. The van der Waals surface area contributed by atoms with Gasteiger partial charge < -0.3 is 5.32 Å². The number of nitrogens with one attached hydrogen (secondary N) is 2. The lowest BCUT2D eigenvalue weighted by molar-refractivity contribution is 0.0939. The van der Waals surface area contributed by atoms with Gasteiger partial charge in [0.05, 0.1) is 10.9 Å². The van der Waals surface area contributed by atoms with Crippen molar-refractivity contribution in [1.29, 1.82) is 0 Å². The fourth-order valence-electron chi connectivity index (χ4n) is 4.50. The zero-order valence-electron chi connectivity index (χ0n) is 19.5. The average Bonchev–Trinajstić information content (AvgIpc) is 3.20. The second-order valence-electron chi connectivity index (χ2n) is 9.04. The summed E-state index contributed by atoms with van der Waals surface area (Å²) >= 11 is 0. The first-order valence-electron chi connectivity index (χ1n) is 11.3. The van der Waals surface area contributed by atoms with E-state index in [0.717, 1.165) is 29.5 Å². The smallest absolute Gasteiger partial charge is 0.262 e. The summed E-state index contributed by atoms with van der Waals surface area (Å²) in [6.07, 6.45) is 3.37. The zero-order chi connectivity index (χ0) is 23.8. The lowest BCUT2D eigenvalue weighted by Gasteiger charge is -2.17. The van der Waals surface area contributed by atoms with Crippen LogP contribution in [0.2, 0.25) is 0 Å². The van der Waals surface area contributed by atoms with Gasteiger partial charge in [0, 0.05) is 11.3 Å². The van der Waals surface area contributed by atoms with Crippen molar-refractivity contribution in [3.63, 3.8) is 0 Å². The van der Waals surface area contributed by atoms with E-state index in [1.807, 2.05) is 26.8 Å². The van der Waals surface area contributed by atoms with Gasteiger partial charge in [0.1, 0.15) is 0 Å². The summed E-state index contributed by atoms with van der Waals surface area (Å²) in [5.41, 5.74) is 7.14. The molecule has 0 spiro atoms. The van der Waals surface area contributed by atoms with Crippen molar-refractivity contribution in [3.05, 3.63) is 93.5 Å². The average molecular weight is 463 g/mol. The number of hydrogen-bond donors (Lipinski definition) is 2. The molecule has 33 heavy (non-hydrogen) atoms. The summed E-state index contributed by atoms with van der Waals surface area (Å²) in [5, 5.41) is 3.01. The van der Waals surface area contributed by atoms with Crippen molar-refractivity contribution < 1.29 is 13.2 Å². The van der Waals surface area contributed by atoms with E-state index < -0.39 is 10.0 Å². The van der Waals surface area contributed by atoms with Gasteiger partial charge in [-0.3, -0.25) is 9.52 Å². The van der Waals surface area contributed by atoms with Gasteiger partial charge in [-0.25, -0.2) is 8.42 Å². The first-order chi connectivity index (χ1) is 15.6. The highest BCUT2D eigenvalue weighted by Crippen LogP contribution is 2.26. The lowest BCUT2D eigenvalue weighted by Crippen LogP contribution is -2.27. The summed E-state index contributed by atoms with van der Waals surface area (Å²) in [6, 6.07) is 16.5. The quantitative estimate of drug-likeness (QED) is 0.516. The second-order valence-corrected chi connectivity index (χ2v) is 10.7. The fourth-order valence-corrected chi connectivity index (χ4v) is 5.81. The Balaban J connectivity index is 1.55. The number of fused-ring (bicyclic) bond motifs is 1. The summed E-state index contributed by atoms with van der Waals surface area (Å²) in [6.45, 7) is 7.51. The lowest BCUT2D eigenvalue weighted by atomic mass is 10.0. The molecule has 0 aliphatic heterocycles. The molecule has 1 amide bonds. The van der Waals surface area contributed by atoms with E-state index in [-0.39, 0.29) is 16.8 Å². The molecule has 0 saturated carbocycles. The van der Waals surface area contributed by atoms with Crippen LogP contribution < -0.4 is 10.0 Å². The maximum atomic E-state index is 13.1. The van der Waals surface area contributed by atoms with E-state index in [1.54, 1.807) is 31.2 Å². The number of aryl methyl sites for hydroxylation is 5. The monoisotopic (exact) mass is 462 g/mol. The Morgan fingerprint density at radius 2 is 1.58 bits per heavy atom. The molecule has 0 radical (unpaired) electrons. The maximum Gasteiger partial charge on any atom is 0.262 e. The molecular weight excluding hydrogens is 432 g/mol. The number of rotatable bonds is 6. The van der Waals surface area contributed by atoms with Crippen molar-refractivity contribution in [3.8, 4) is 0 Å². The van der Waals surface area contributed by atoms with Gasteiger partial charge >= 0.3 is 0 Å². The van der Waals surface area contributed by atoms with Crippen LogP contribution in [0.3, 0.4) is 0 Å². The molecule has 0 fully saturated rings. The molecule has 0 heterocycles. The molecule has 3 aromatic carbocycles. The number of anilines is 1. The van der Waals surface area contributed by atoms with Gasteiger partial charge in [0.15, 0.2) is 0 Å². The van der Waals surface area contributed by atoms with Crippen LogP contribution in [0.25, 0.3) is 0 Å². The van der Waals surface area contributed by atoms with Crippen LogP contribution in [0.1, 0.15) is 63.1 Å². The number of amides is 1. The zero-order valence-corrected chi connectivity index (χ0v) is 20.3. The number of benzene rings is 3. The third kappa shape index (κ3) is 5.11. The Bertz CT molecular complexity index is 1310. The van der Waals surface area contributed by atoms with Crippen molar-refractivity contribution in [2.75, 3.05) is 4.72 Å². The van der Waals surface area contributed by atoms with Gasteiger partial charge in [-0.2, -0.15) is 0 Å². The van der Waals surface area contributed by atoms with Crippen molar-refractivity contribution in [1.82, 2.24) is 5.32 Å². The molecule has 0 saturated heterocycles. The summed E-state index contributed by atoms with van der Waals surface area (Å²) in [4.78, 5) is 13.1. The van der Waals surface area contributed by atoms with Crippen LogP contribution in [0, 0.1) is 20.8 Å². The van der Waals surface area contributed by atoms with E-state index in [4.69, 9.17) is 0 Å². The molecule has 4 rings (SSSR count). The Labute approximate surface area is 196 Å². The minimum Gasteiger partial charge on any atom is -0.346 e. The Morgan fingerprint density at radius 1 is 0.879 bits per heavy atom. The second kappa shape index (κ2) is 9.02. The van der Waals surface area contributed by atoms with E-state index in [0.29, 0.717) is 16.8 Å². The van der Waals surface area contributed by atoms with Gasteiger partial charge in [-0.1, -0.05) is 30.3 Å². The normalized spacial score (nSPS) is 13.9. The summed E-state index contributed by atoms with van der Waals surface area (Å²) < 4.78 is 28.9. The molecule has 0 aromatic heterocycles. The topological polar surface area (TPSA) is 75.3 Å². The Kier molecular flexibility index (Phi) is 6.30. The minimum atomic E-state index is -3.85. The Morgan fingerprint density at radius 3 is 2.30 bits per heavy atom. The largest absolute Gasteiger partial charge is 0.346 e. The maximum absolute atomic E-state index is 13.1. The molecule has 2 N–H and O–H groups in total. The van der Waals surface area contributed by atoms with Crippen LogP contribution in [-0.4, -0.2) is 14.3 Å². The third-order valence-corrected chi connectivity index (χ3v) is 7.71. The van der Waals surface area contributed by atoms with Crippen LogP contribution in [-0.2, 0) is 22.9 Å². The molecule has 1 aliphatic rings. The predicted molar refractivity (Wildman–Crippen MR) is 132 cm³/mol. The van der Waals surface area contributed by atoms with Crippen molar-refractivity contribution in [2.24, 2.45) is 0 Å². The van der Waals surface area contributed by atoms with E-state index in [1.165, 1.54) is 23.6 Å². The van der Waals surface area contributed by atoms with Crippen LogP contribution in [0.15, 0.2) is 59.5 Å². The van der Waals surface area contributed by atoms with E-state index in [9.17, 15) is 13.2 Å². The fraction of sp³-hybridized carbons (Fsp3) is 0.296. The van der Waals surface area contributed by atoms with Crippen molar-refractivity contribution in [2.45, 2.75) is 57.9 Å². The summed E-state index contributed by atoms with van der Waals surface area (Å²) in [5.74, 6) is -0.300. The minimum absolute atomic E-state index is 0.0968. The molecule has 172 valence electrons. The highest BCUT2D eigenvalue weighted by Gasteiger charge is 2.21. The molecule has 6 heteroatoms. The molecule has 0 bridgehead atoms. The van der Waals surface area contributed by atoms with Crippen molar-refractivity contribution >= 4 is 21.6 Å². The molecule has 3 aromatic rings. The SMILES string of the molecule is Cc1cc(C)cc(NS(=O)(=O)c2cc(C(=O)NC(C)c3ccc4c(c3)CCC4)ccc2C)c1. The van der Waals surface area contributed by atoms with Crippen LogP contribution in [0.4, 0.5) is 5.69 Å². The molecule has 5 nitrogen and oxygen atoms in total. The third-order valence-electron chi connectivity index (χ3n) is 6.18. The van der Waals surface area contributed by atoms with Gasteiger partial charge in [-0.15, -0.1) is 0 Å². The summed E-state index contributed by atoms with van der Waals surface area (Å²) in [7, 11) is -3.85. The highest BCUT2D eigenvalue weighted by molar-refractivity contribution is 7.92. The number of sulfonamides is 1. The molecular formula is C27H30N2O3S. The Hall–Kier alpha value is -3.12. The number of carbonyl (C=O) groups is 1. The van der Waals surface area contributed by atoms with E-state index >= 15 is 0 Å². The predicted octanol–water partition coefficient (Wildman–Crippen LogP) is 5.39. The molecule has 1 unspecified atom stereocenters. The molecule has 1 aliphatic carbocycles. The standard InChI is InChI=1S/C27H30N2O3S/c1-17-12-18(2)14-25(13-17)29-33(31,32)26-16-24(9-8-19(26)3)27(30)28-20(4)22-11-10-21-6-5-7-23(21)15-22/h8-16,20,29H,5-7H2,1-4H3,(H,28,30). The van der Waals surface area contributed by atoms with Gasteiger partial charge in [0.2, 0.25) is 0 Å². The van der Waals surface area contributed by atoms with Crippen LogP contribution >= 0.6 is 0 Å².